The Bertz CT molecular complexity index is 472. The first-order chi connectivity index (χ1) is 8.20. The Morgan fingerprint density at radius 1 is 1.59 bits per heavy atom. The lowest BCUT2D eigenvalue weighted by atomic mass is 9.82. The summed E-state index contributed by atoms with van der Waals surface area (Å²) in [6.45, 7) is 1.95. The highest BCUT2D eigenvalue weighted by Crippen LogP contribution is 2.27. The van der Waals surface area contributed by atoms with Gasteiger partial charge in [-0.05, 0) is 25.8 Å². The van der Waals surface area contributed by atoms with Crippen molar-refractivity contribution in [2.24, 2.45) is 5.92 Å². The van der Waals surface area contributed by atoms with E-state index in [-0.39, 0.29) is 6.10 Å². The summed E-state index contributed by atoms with van der Waals surface area (Å²) in [5.74, 6) is 0.665. The largest absolute Gasteiger partial charge is 0.393 e. The first-order valence-electron chi connectivity index (χ1n) is 5.98. The number of hydrogen-bond acceptors (Lipinski definition) is 4. The van der Waals surface area contributed by atoms with E-state index in [1.54, 1.807) is 11.3 Å². The lowest BCUT2D eigenvalue weighted by Crippen LogP contribution is -2.36. The topological polar surface area (TPSA) is 40.8 Å². The van der Waals surface area contributed by atoms with Gasteiger partial charge in [-0.1, -0.05) is 0 Å². The maximum atomic E-state index is 9.26. The first-order valence-corrected chi connectivity index (χ1v) is 6.86. The zero-order valence-corrected chi connectivity index (χ0v) is 10.7. The molecule has 0 saturated heterocycles. The van der Waals surface area contributed by atoms with Gasteiger partial charge in [0.25, 0.3) is 0 Å². The highest BCUT2D eigenvalue weighted by atomic mass is 32.1. The Labute approximate surface area is 105 Å². The van der Waals surface area contributed by atoms with Crippen molar-refractivity contribution in [3.63, 3.8) is 0 Å². The van der Waals surface area contributed by atoms with Crippen LogP contribution >= 0.6 is 11.3 Å². The fraction of sp³-hybridized carbons (Fsp3) is 0.583. The number of rotatable bonds is 4. The summed E-state index contributed by atoms with van der Waals surface area (Å²) in [7, 11) is 2.12. The van der Waals surface area contributed by atoms with Crippen LogP contribution in [0.25, 0.3) is 4.96 Å². The molecule has 0 aliphatic heterocycles. The van der Waals surface area contributed by atoms with Crippen molar-refractivity contribution in [3.05, 3.63) is 23.5 Å². The summed E-state index contributed by atoms with van der Waals surface area (Å²) in [6, 6.07) is 0. The summed E-state index contributed by atoms with van der Waals surface area (Å²) in [5.41, 5.74) is 1.12. The Balaban J connectivity index is 1.57. The molecule has 3 rings (SSSR count). The SMILES string of the molecule is CN(Cc1cn2ccsc2n1)CC1CC(O)C1. The molecule has 1 fully saturated rings. The molecular weight excluding hydrogens is 234 g/mol. The lowest BCUT2D eigenvalue weighted by molar-refractivity contribution is 0.0272. The summed E-state index contributed by atoms with van der Waals surface area (Å²) in [5, 5.41) is 11.3. The molecule has 2 heterocycles. The molecule has 0 bridgehead atoms. The Hall–Kier alpha value is -0.910. The van der Waals surface area contributed by atoms with Crippen LogP contribution in [0.1, 0.15) is 18.5 Å². The minimum Gasteiger partial charge on any atom is -0.393 e. The number of fused-ring (bicyclic) bond motifs is 1. The second-order valence-electron chi connectivity index (χ2n) is 5.01. The minimum absolute atomic E-state index is 0.0497. The van der Waals surface area contributed by atoms with E-state index in [0.717, 1.165) is 36.6 Å². The molecule has 1 saturated carbocycles. The van der Waals surface area contributed by atoms with Crippen LogP contribution in [-0.4, -0.2) is 39.1 Å². The standard InChI is InChI=1S/C12H17N3OS/c1-14(6-9-4-11(16)5-9)7-10-8-15-2-3-17-12(15)13-10/h2-3,8-9,11,16H,4-7H2,1H3. The van der Waals surface area contributed by atoms with Gasteiger partial charge in [-0.3, -0.25) is 4.40 Å². The maximum absolute atomic E-state index is 9.26. The molecule has 1 N–H and O–H groups in total. The zero-order chi connectivity index (χ0) is 11.8. The Morgan fingerprint density at radius 3 is 3.12 bits per heavy atom. The van der Waals surface area contributed by atoms with E-state index < -0.39 is 0 Å². The normalized spacial score (nSPS) is 24.4. The van der Waals surface area contributed by atoms with Crippen molar-refractivity contribution < 1.29 is 5.11 Å². The van der Waals surface area contributed by atoms with Gasteiger partial charge in [0.15, 0.2) is 4.96 Å². The number of aliphatic hydroxyl groups excluding tert-OH is 1. The quantitative estimate of drug-likeness (QED) is 0.897. The highest BCUT2D eigenvalue weighted by molar-refractivity contribution is 7.15. The van der Waals surface area contributed by atoms with Crippen molar-refractivity contribution in [1.29, 1.82) is 0 Å². The molecule has 2 aromatic heterocycles. The number of aromatic nitrogens is 2. The van der Waals surface area contributed by atoms with E-state index >= 15 is 0 Å². The summed E-state index contributed by atoms with van der Waals surface area (Å²) in [6.07, 6.45) is 6.01. The van der Waals surface area contributed by atoms with Crippen LogP contribution in [0.15, 0.2) is 17.8 Å². The molecule has 0 unspecified atom stereocenters. The van der Waals surface area contributed by atoms with Crippen LogP contribution in [0.5, 0.6) is 0 Å². The summed E-state index contributed by atoms with van der Waals surface area (Å²) >= 11 is 1.67. The van der Waals surface area contributed by atoms with E-state index in [1.165, 1.54) is 0 Å². The number of imidazole rings is 1. The Morgan fingerprint density at radius 2 is 2.41 bits per heavy atom. The van der Waals surface area contributed by atoms with Gasteiger partial charge in [-0.15, -0.1) is 11.3 Å². The second kappa shape index (κ2) is 4.40. The number of thiazole rings is 1. The third-order valence-electron chi connectivity index (χ3n) is 3.36. The van der Waals surface area contributed by atoms with Crippen molar-refractivity contribution in [3.8, 4) is 0 Å². The van der Waals surface area contributed by atoms with Crippen LogP contribution in [-0.2, 0) is 6.54 Å². The van der Waals surface area contributed by atoms with Crippen LogP contribution in [0, 0.1) is 5.92 Å². The molecule has 92 valence electrons. The molecule has 5 heteroatoms. The van der Waals surface area contributed by atoms with Crippen molar-refractivity contribution in [2.45, 2.75) is 25.5 Å². The van der Waals surface area contributed by atoms with E-state index in [9.17, 15) is 5.11 Å². The molecule has 0 radical (unpaired) electrons. The van der Waals surface area contributed by atoms with Gasteiger partial charge in [-0.2, -0.15) is 0 Å². The molecule has 1 aliphatic rings. The number of aliphatic hydroxyl groups is 1. The average molecular weight is 251 g/mol. The second-order valence-corrected chi connectivity index (χ2v) is 5.89. The van der Waals surface area contributed by atoms with E-state index in [1.807, 2.05) is 11.6 Å². The molecule has 0 aromatic carbocycles. The van der Waals surface area contributed by atoms with Gasteiger partial charge in [0.2, 0.25) is 0 Å². The molecule has 2 aromatic rings. The van der Waals surface area contributed by atoms with Crippen LogP contribution in [0.3, 0.4) is 0 Å². The van der Waals surface area contributed by atoms with Crippen LogP contribution < -0.4 is 0 Å². The van der Waals surface area contributed by atoms with E-state index in [0.29, 0.717) is 5.92 Å². The molecular formula is C12H17N3OS. The van der Waals surface area contributed by atoms with Gasteiger partial charge in [0.1, 0.15) is 0 Å². The summed E-state index contributed by atoms with van der Waals surface area (Å²) < 4.78 is 2.07. The Kier molecular flexibility index (Phi) is 2.90. The van der Waals surface area contributed by atoms with Gasteiger partial charge in [0.05, 0.1) is 11.8 Å². The molecule has 1 aliphatic carbocycles. The molecule has 0 atom stereocenters. The van der Waals surface area contributed by atoms with Crippen molar-refractivity contribution >= 4 is 16.3 Å². The maximum Gasteiger partial charge on any atom is 0.193 e. The van der Waals surface area contributed by atoms with Crippen molar-refractivity contribution in [1.82, 2.24) is 14.3 Å². The predicted octanol–water partition coefficient (Wildman–Crippen LogP) is 1.60. The number of nitrogens with zero attached hydrogens (tertiary/aromatic N) is 3. The van der Waals surface area contributed by atoms with Crippen molar-refractivity contribution in [2.75, 3.05) is 13.6 Å². The third-order valence-corrected chi connectivity index (χ3v) is 4.13. The third kappa shape index (κ3) is 2.36. The molecule has 17 heavy (non-hydrogen) atoms. The zero-order valence-electron chi connectivity index (χ0n) is 9.91. The van der Waals surface area contributed by atoms with Gasteiger partial charge in [0, 0.05) is 30.9 Å². The fourth-order valence-electron chi connectivity index (χ4n) is 2.48. The van der Waals surface area contributed by atoms with Gasteiger partial charge in [-0.25, -0.2) is 4.98 Å². The van der Waals surface area contributed by atoms with E-state index in [2.05, 4.69) is 27.5 Å². The predicted molar refractivity (Wildman–Crippen MR) is 68.1 cm³/mol. The average Bonchev–Trinajstić information content (AvgIpc) is 2.75. The molecule has 4 nitrogen and oxygen atoms in total. The van der Waals surface area contributed by atoms with Crippen LogP contribution in [0.2, 0.25) is 0 Å². The number of hydrogen-bond donors (Lipinski definition) is 1. The van der Waals surface area contributed by atoms with Gasteiger partial charge < -0.3 is 10.0 Å². The highest BCUT2D eigenvalue weighted by Gasteiger charge is 2.27. The smallest absolute Gasteiger partial charge is 0.193 e. The first kappa shape index (κ1) is 11.2. The summed E-state index contributed by atoms with van der Waals surface area (Å²) in [4.78, 5) is 7.93. The minimum atomic E-state index is -0.0497. The molecule has 0 spiro atoms. The van der Waals surface area contributed by atoms with Gasteiger partial charge >= 0.3 is 0 Å². The lowest BCUT2D eigenvalue weighted by Gasteiger charge is -2.34. The van der Waals surface area contributed by atoms with E-state index in [4.69, 9.17) is 0 Å². The fourth-order valence-corrected chi connectivity index (χ4v) is 3.20. The monoisotopic (exact) mass is 251 g/mol. The van der Waals surface area contributed by atoms with Crippen LogP contribution in [0.4, 0.5) is 0 Å². The molecule has 0 amide bonds.